The lowest BCUT2D eigenvalue weighted by molar-refractivity contribution is 0.0792. The second kappa shape index (κ2) is 7.72. The molecular formula is C18H24N4O. The van der Waals surface area contributed by atoms with Gasteiger partial charge in [0.1, 0.15) is 0 Å². The van der Waals surface area contributed by atoms with Gasteiger partial charge in [0.05, 0.1) is 5.56 Å². The molecule has 5 nitrogen and oxygen atoms in total. The SMILES string of the molecule is CCCCN(C)C(=O)c1cnc(Nc2cc(C)ccc2C)nc1. The molecule has 1 aromatic carbocycles. The molecule has 0 radical (unpaired) electrons. The lowest BCUT2D eigenvalue weighted by Crippen LogP contribution is -2.27. The van der Waals surface area contributed by atoms with E-state index in [4.69, 9.17) is 0 Å². The Morgan fingerprint density at radius 2 is 1.91 bits per heavy atom. The molecule has 0 saturated heterocycles. The van der Waals surface area contributed by atoms with Gasteiger partial charge in [-0.1, -0.05) is 25.5 Å². The molecule has 1 aromatic heterocycles. The van der Waals surface area contributed by atoms with Crippen molar-refractivity contribution in [3.8, 4) is 0 Å². The molecule has 0 fully saturated rings. The second-order valence-electron chi connectivity index (χ2n) is 5.82. The summed E-state index contributed by atoms with van der Waals surface area (Å²) < 4.78 is 0. The first-order valence-corrected chi connectivity index (χ1v) is 7.93. The minimum absolute atomic E-state index is 0.0447. The molecule has 0 aliphatic heterocycles. The van der Waals surface area contributed by atoms with E-state index in [0.29, 0.717) is 11.5 Å². The molecule has 0 bridgehead atoms. The summed E-state index contributed by atoms with van der Waals surface area (Å²) >= 11 is 0. The normalized spacial score (nSPS) is 10.4. The van der Waals surface area contributed by atoms with Crippen LogP contribution >= 0.6 is 0 Å². The Morgan fingerprint density at radius 1 is 1.22 bits per heavy atom. The molecule has 1 N–H and O–H groups in total. The molecule has 1 heterocycles. The van der Waals surface area contributed by atoms with E-state index < -0.39 is 0 Å². The van der Waals surface area contributed by atoms with E-state index in [1.54, 1.807) is 24.3 Å². The van der Waals surface area contributed by atoms with Crippen LogP contribution in [0.2, 0.25) is 0 Å². The van der Waals surface area contributed by atoms with Gasteiger partial charge in [0, 0.05) is 31.7 Å². The molecule has 2 aromatic rings. The quantitative estimate of drug-likeness (QED) is 0.883. The molecular weight excluding hydrogens is 288 g/mol. The highest BCUT2D eigenvalue weighted by Crippen LogP contribution is 2.19. The van der Waals surface area contributed by atoms with E-state index in [2.05, 4.69) is 40.4 Å². The summed E-state index contributed by atoms with van der Waals surface area (Å²) in [6.07, 6.45) is 5.21. The van der Waals surface area contributed by atoms with Crippen molar-refractivity contribution in [2.24, 2.45) is 0 Å². The third kappa shape index (κ3) is 4.52. The average molecular weight is 312 g/mol. The Bertz CT molecular complexity index is 667. The second-order valence-corrected chi connectivity index (χ2v) is 5.82. The van der Waals surface area contributed by atoms with Crippen molar-refractivity contribution in [1.82, 2.24) is 14.9 Å². The van der Waals surface area contributed by atoms with Crippen LogP contribution in [0.4, 0.5) is 11.6 Å². The number of amides is 1. The van der Waals surface area contributed by atoms with Gasteiger partial charge in [-0.05, 0) is 37.5 Å². The summed E-state index contributed by atoms with van der Waals surface area (Å²) in [5.41, 5.74) is 3.78. The van der Waals surface area contributed by atoms with Crippen LogP contribution in [-0.4, -0.2) is 34.4 Å². The van der Waals surface area contributed by atoms with Gasteiger partial charge in [0.2, 0.25) is 5.95 Å². The van der Waals surface area contributed by atoms with Crippen LogP contribution < -0.4 is 5.32 Å². The smallest absolute Gasteiger partial charge is 0.256 e. The van der Waals surface area contributed by atoms with E-state index >= 15 is 0 Å². The molecule has 0 spiro atoms. The molecule has 23 heavy (non-hydrogen) atoms. The summed E-state index contributed by atoms with van der Waals surface area (Å²) in [4.78, 5) is 22.5. The molecule has 0 aliphatic rings. The van der Waals surface area contributed by atoms with Crippen molar-refractivity contribution >= 4 is 17.5 Å². The van der Waals surface area contributed by atoms with E-state index in [1.165, 1.54) is 5.56 Å². The van der Waals surface area contributed by atoms with Crippen molar-refractivity contribution in [2.75, 3.05) is 18.9 Å². The van der Waals surface area contributed by atoms with Gasteiger partial charge in [-0.25, -0.2) is 9.97 Å². The first-order valence-electron chi connectivity index (χ1n) is 7.93. The summed E-state index contributed by atoms with van der Waals surface area (Å²) in [6.45, 7) is 6.93. The van der Waals surface area contributed by atoms with Crippen molar-refractivity contribution in [3.63, 3.8) is 0 Å². The number of unbranched alkanes of at least 4 members (excludes halogenated alkanes) is 1. The fraction of sp³-hybridized carbons (Fsp3) is 0.389. The van der Waals surface area contributed by atoms with Gasteiger partial charge < -0.3 is 10.2 Å². The van der Waals surface area contributed by atoms with Crippen molar-refractivity contribution < 1.29 is 4.79 Å². The predicted molar refractivity (Wildman–Crippen MR) is 93.1 cm³/mol. The summed E-state index contributed by atoms with van der Waals surface area (Å²) in [5, 5.41) is 3.20. The van der Waals surface area contributed by atoms with Gasteiger partial charge in [-0.15, -0.1) is 0 Å². The van der Waals surface area contributed by atoms with Crippen LogP contribution in [0.1, 0.15) is 41.3 Å². The zero-order valence-corrected chi connectivity index (χ0v) is 14.3. The highest BCUT2D eigenvalue weighted by atomic mass is 16.2. The molecule has 0 saturated carbocycles. The monoisotopic (exact) mass is 312 g/mol. The van der Waals surface area contributed by atoms with Gasteiger partial charge in [-0.3, -0.25) is 4.79 Å². The zero-order valence-electron chi connectivity index (χ0n) is 14.3. The lowest BCUT2D eigenvalue weighted by atomic mass is 10.1. The van der Waals surface area contributed by atoms with Crippen LogP contribution in [0, 0.1) is 13.8 Å². The van der Waals surface area contributed by atoms with Crippen molar-refractivity contribution in [3.05, 3.63) is 47.3 Å². The number of carbonyl (C=O) groups excluding carboxylic acids is 1. The predicted octanol–water partition coefficient (Wildman–Crippen LogP) is 3.71. The number of hydrogen-bond acceptors (Lipinski definition) is 4. The summed E-state index contributed by atoms with van der Waals surface area (Å²) in [6, 6.07) is 6.17. The number of anilines is 2. The van der Waals surface area contributed by atoms with Gasteiger partial charge >= 0.3 is 0 Å². The van der Waals surface area contributed by atoms with Crippen LogP contribution in [-0.2, 0) is 0 Å². The zero-order chi connectivity index (χ0) is 16.8. The average Bonchev–Trinajstić information content (AvgIpc) is 2.56. The minimum Gasteiger partial charge on any atom is -0.342 e. The summed E-state index contributed by atoms with van der Waals surface area (Å²) in [7, 11) is 1.81. The third-order valence-corrected chi connectivity index (χ3v) is 3.73. The minimum atomic E-state index is -0.0447. The maximum Gasteiger partial charge on any atom is 0.256 e. The molecule has 0 aliphatic carbocycles. The molecule has 2 rings (SSSR count). The number of hydrogen-bond donors (Lipinski definition) is 1. The number of nitrogens with one attached hydrogen (secondary N) is 1. The number of carbonyl (C=O) groups is 1. The highest BCUT2D eigenvalue weighted by molar-refractivity contribution is 5.93. The summed E-state index contributed by atoms with van der Waals surface area (Å²) in [5.74, 6) is 0.447. The third-order valence-electron chi connectivity index (χ3n) is 3.73. The van der Waals surface area contributed by atoms with E-state index in [9.17, 15) is 4.79 Å². The van der Waals surface area contributed by atoms with Crippen LogP contribution in [0.25, 0.3) is 0 Å². The number of aryl methyl sites for hydroxylation is 2. The van der Waals surface area contributed by atoms with Crippen molar-refractivity contribution in [2.45, 2.75) is 33.6 Å². The fourth-order valence-electron chi connectivity index (χ4n) is 2.21. The first kappa shape index (κ1) is 16.9. The topological polar surface area (TPSA) is 58.1 Å². The fourth-order valence-corrected chi connectivity index (χ4v) is 2.21. The maximum atomic E-state index is 12.2. The highest BCUT2D eigenvalue weighted by Gasteiger charge is 2.12. The van der Waals surface area contributed by atoms with Crippen LogP contribution in [0.3, 0.4) is 0 Å². The van der Waals surface area contributed by atoms with Gasteiger partial charge in [-0.2, -0.15) is 0 Å². The molecule has 0 unspecified atom stereocenters. The Balaban J connectivity index is 2.07. The van der Waals surface area contributed by atoms with Crippen LogP contribution in [0.15, 0.2) is 30.6 Å². The number of aromatic nitrogens is 2. The lowest BCUT2D eigenvalue weighted by Gasteiger charge is -2.16. The van der Waals surface area contributed by atoms with Crippen molar-refractivity contribution in [1.29, 1.82) is 0 Å². The molecule has 122 valence electrons. The van der Waals surface area contributed by atoms with Gasteiger partial charge in [0.25, 0.3) is 5.91 Å². The Hall–Kier alpha value is -2.43. The largest absolute Gasteiger partial charge is 0.342 e. The molecule has 0 atom stereocenters. The number of nitrogens with zero attached hydrogens (tertiary/aromatic N) is 3. The number of benzene rings is 1. The molecule has 5 heteroatoms. The van der Waals surface area contributed by atoms with E-state index in [-0.39, 0.29) is 5.91 Å². The Labute approximate surface area is 137 Å². The molecule has 1 amide bonds. The van der Waals surface area contributed by atoms with Crippen LogP contribution in [0.5, 0.6) is 0 Å². The Kier molecular flexibility index (Phi) is 5.68. The standard InChI is InChI=1S/C18H24N4O/c1-5-6-9-22(4)17(23)15-11-19-18(20-12-15)21-16-10-13(2)7-8-14(16)3/h7-8,10-12H,5-6,9H2,1-4H3,(H,19,20,21). The maximum absolute atomic E-state index is 12.2. The van der Waals surface area contributed by atoms with E-state index in [1.807, 2.05) is 13.8 Å². The van der Waals surface area contributed by atoms with Gasteiger partial charge in [0.15, 0.2) is 0 Å². The van der Waals surface area contributed by atoms with E-state index in [0.717, 1.165) is 30.6 Å². The first-order chi connectivity index (χ1) is 11.0. The number of rotatable bonds is 6. The Morgan fingerprint density at radius 3 is 2.57 bits per heavy atom.